The lowest BCUT2D eigenvalue weighted by atomic mass is 9.60. The van der Waals surface area contributed by atoms with Crippen molar-refractivity contribution in [1.82, 2.24) is 4.57 Å². The lowest BCUT2D eigenvalue weighted by Crippen LogP contribution is -2.39. The summed E-state index contributed by atoms with van der Waals surface area (Å²) >= 11 is 9.98. The van der Waals surface area contributed by atoms with Gasteiger partial charge in [-0.2, -0.15) is 0 Å². The predicted molar refractivity (Wildman–Crippen MR) is 315 cm³/mol. The maximum atomic E-state index is 8.09. The highest BCUT2D eigenvalue weighted by Crippen LogP contribution is 2.69. The smallest absolute Gasteiger partial charge is 0.0699 e. The van der Waals surface area contributed by atoms with Crippen LogP contribution in [-0.2, 0) is 16.2 Å². The number of hydrogen-bond donors (Lipinski definition) is 0. The van der Waals surface area contributed by atoms with Gasteiger partial charge in [-0.1, -0.05) is 162 Å². The van der Waals surface area contributed by atoms with Gasteiger partial charge in [0.25, 0.3) is 0 Å². The maximum Gasteiger partial charge on any atom is 0.0699 e. The van der Waals surface area contributed by atoms with Crippen LogP contribution < -0.4 is 4.90 Å². The molecule has 0 saturated carbocycles. The molecule has 16 rings (SSSR count). The Hall–Kier alpha value is -7.17. The molecular weight excluding hydrogens is 936 g/mol. The fourth-order valence-corrected chi connectivity index (χ4v) is 17.4. The molecule has 0 spiro atoms. The van der Waals surface area contributed by atoms with E-state index in [-0.39, 0.29) is 16.7 Å². The van der Waals surface area contributed by atoms with Gasteiger partial charge in [-0.15, -0.1) is 11.3 Å². The third kappa shape index (κ3) is 5.32. The van der Waals surface area contributed by atoms with Crippen molar-refractivity contribution < 1.29 is 0 Å². The van der Waals surface area contributed by atoms with Crippen LogP contribution in [0.4, 0.5) is 17.1 Å². The van der Waals surface area contributed by atoms with Crippen molar-refractivity contribution in [2.75, 3.05) is 4.90 Å². The molecule has 4 heteroatoms. The Balaban J connectivity index is 0.954. The molecule has 2 aromatic heterocycles. The number of rotatable bonds is 3. The Kier molecular flexibility index (Phi) is 8.64. The second-order valence-corrected chi connectivity index (χ2v) is 24.8. The number of thiophene rings is 1. The molecule has 10 aromatic rings. The third-order valence-corrected chi connectivity index (χ3v) is 20.5. The van der Waals surface area contributed by atoms with Gasteiger partial charge in [0.2, 0.25) is 0 Å². The van der Waals surface area contributed by atoms with E-state index in [0.29, 0.717) is 11.8 Å². The van der Waals surface area contributed by atoms with Crippen molar-refractivity contribution in [3.63, 3.8) is 0 Å². The summed E-state index contributed by atoms with van der Waals surface area (Å²) in [5.74, 6) is 1.21. The van der Waals surface area contributed by atoms with Crippen LogP contribution in [0.1, 0.15) is 99.4 Å². The topological polar surface area (TPSA) is 8.17 Å². The molecule has 5 aliphatic carbocycles. The molecule has 5 atom stereocenters. The monoisotopic (exact) mass is 990 g/mol. The molecule has 1 aliphatic heterocycles. The molecule has 0 N–H and O–H groups in total. The second-order valence-electron chi connectivity index (χ2n) is 23.3. The SMILES string of the molecule is CC1CC=CC2=C1C=CC1C(C)(C)c3c(N4c5cccc6c5C(C)(c5cc7ccccc7cc5-6)c5c4c(Cl)cc4sc6cc(-c7ccc8c(c7)c7c(n8-c8ccccc8)C=CCC7C)ccc6c54)cccc3C21C. The molecule has 74 heavy (non-hydrogen) atoms. The summed E-state index contributed by atoms with van der Waals surface area (Å²) in [6.07, 6.45) is 16.7. The minimum absolute atomic E-state index is 0.174. The van der Waals surface area contributed by atoms with Gasteiger partial charge in [0.05, 0.1) is 27.6 Å². The molecule has 5 unspecified atom stereocenters. The molecule has 0 radical (unpaired) electrons. The third-order valence-electron chi connectivity index (χ3n) is 19.1. The first kappa shape index (κ1) is 43.3. The van der Waals surface area contributed by atoms with Gasteiger partial charge in [0, 0.05) is 53.3 Å². The largest absolute Gasteiger partial charge is 0.310 e. The second kappa shape index (κ2) is 14.8. The predicted octanol–water partition coefficient (Wildman–Crippen LogP) is 19.7. The van der Waals surface area contributed by atoms with Gasteiger partial charge in [-0.3, -0.25) is 0 Å². The first-order valence-corrected chi connectivity index (χ1v) is 28.0. The van der Waals surface area contributed by atoms with E-state index in [2.05, 4.69) is 233 Å². The van der Waals surface area contributed by atoms with E-state index in [4.69, 9.17) is 11.6 Å². The number of nitrogens with zero attached hydrogens (tertiary/aromatic N) is 2. The molecule has 6 aliphatic rings. The van der Waals surface area contributed by atoms with E-state index in [9.17, 15) is 0 Å². The van der Waals surface area contributed by atoms with Crippen LogP contribution in [0.2, 0.25) is 5.02 Å². The molecule has 0 bridgehead atoms. The highest BCUT2D eigenvalue weighted by Gasteiger charge is 2.58. The first-order valence-electron chi connectivity index (χ1n) is 26.8. The lowest BCUT2D eigenvalue weighted by Gasteiger charge is -2.45. The quantitative estimate of drug-likeness (QED) is 0.171. The van der Waals surface area contributed by atoms with Crippen LogP contribution in [0.3, 0.4) is 0 Å². The number of halogens is 1. The number of para-hydroxylation sites is 1. The molecule has 2 nitrogen and oxygen atoms in total. The summed E-state index contributed by atoms with van der Waals surface area (Å²) in [6, 6.07) is 55.6. The molecule has 358 valence electrons. The summed E-state index contributed by atoms with van der Waals surface area (Å²) in [4.78, 5) is 2.62. The zero-order valence-electron chi connectivity index (χ0n) is 42.6. The van der Waals surface area contributed by atoms with Crippen LogP contribution in [0.15, 0.2) is 187 Å². The summed E-state index contributed by atoms with van der Waals surface area (Å²) in [7, 11) is 0. The highest BCUT2D eigenvalue weighted by atomic mass is 35.5. The summed E-state index contributed by atoms with van der Waals surface area (Å²) in [6.45, 7) is 14.8. The van der Waals surface area contributed by atoms with Crippen molar-refractivity contribution in [3.05, 3.63) is 231 Å². The van der Waals surface area contributed by atoms with Gasteiger partial charge in [0.15, 0.2) is 0 Å². The molecule has 0 amide bonds. The number of anilines is 3. The number of benzene rings is 8. The fourth-order valence-electron chi connectivity index (χ4n) is 15.9. The fraction of sp³-hybridized carbons (Fsp3) is 0.200. The van der Waals surface area contributed by atoms with E-state index >= 15 is 0 Å². The molecule has 8 aromatic carbocycles. The van der Waals surface area contributed by atoms with Gasteiger partial charge < -0.3 is 9.47 Å². The number of fused-ring (bicyclic) bond motifs is 17. The minimum Gasteiger partial charge on any atom is -0.310 e. The Morgan fingerprint density at radius 1 is 0.595 bits per heavy atom. The number of allylic oxidation sites excluding steroid dienone is 7. The average Bonchev–Trinajstić information content (AvgIpc) is 4.13. The van der Waals surface area contributed by atoms with E-state index < -0.39 is 5.41 Å². The summed E-state index contributed by atoms with van der Waals surface area (Å²) in [5.41, 5.74) is 22.8. The van der Waals surface area contributed by atoms with Crippen molar-refractivity contribution in [1.29, 1.82) is 0 Å². The van der Waals surface area contributed by atoms with Crippen LogP contribution in [0, 0.1) is 11.8 Å². The molecular formula is C70H55ClN2S. The molecule has 0 saturated heterocycles. The van der Waals surface area contributed by atoms with E-state index in [0.717, 1.165) is 23.6 Å². The van der Waals surface area contributed by atoms with Crippen LogP contribution in [0.5, 0.6) is 0 Å². The minimum atomic E-state index is -0.507. The standard InChI is InChI=1S/C70H55ClN2S/c1-39-16-12-23-51-46(39)31-33-61-68(3,4)65-52(69(51,61)5)24-15-27-58(65)73-57-26-14-22-47-49-34-41-18-10-11-19-42(41)36-53(49)70(6,64(47)57)66-63-48-30-28-44(37-59(48)74-60(63)38-54(71)67(66)73)43-29-32-55-50(35-43)62-40(2)17-13-25-56(62)72(55)45-20-8-7-9-21-45/h7-15,18-40,61H,16-17H2,1-6H3. The van der Waals surface area contributed by atoms with E-state index in [1.807, 2.05) is 11.3 Å². The van der Waals surface area contributed by atoms with E-state index in [1.165, 1.54) is 131 Å². The Morgan fingerprint density at radius 3 is 2.16 bits per heavy atom. The van der Waals surface area contributed by atoms with Crippen molar-refractivity contribution in [2.24, 2.45) is 11.8 Å². The van der Waals surface area contributed by atoms with Crippen molar-refractivity contribution in [3.8, 4) is 27.9 Å². The van der Waals surface area contributed by atoms with Gasteiger partial charge in [-0.25, -0.2) is 0 Å². The zero-order valence-corrected chi connectivity index (χ0v) is 44.2. The molecule has 3 heterocycles. The number of hydrogen-bond acceptors (Lipinski definition) is 2. The van der Waals surface area contributed by atoms with Gasteiger partial charge in [-0.05, 0) is 182 Å². The van der Waals surface area contributed by atoms with Gasteiger partial charge >= 0.3 is 0 Å². The summed E-state index contributed by atoms with van der Waals surface area (Å²) < 4.78 is 4.96. The van der Waals surface area contributed by atoms with Crippen LogP contribution in [0.25, 0.3) is 75.9 Å². The normalized spacial score (nSPS) is 23.3. The van der Waals surface area contributed by atoms with Crippen molar-refractivity contribution in [2.45, 2.75) is 76.5 Å². The zero-order chi connectivity index (χ0) is 49.7. The highest BCUT2D eigenvalue weighted by molar-refractivity contribution is 7.26. The Bertz CT molecular complexity index is 4320. The first-order chi connectivity index (χ1) is 36.0. The average molecular weight is 992 g/mol. The van der Waals surface area contributed by atoms with Crippen LogP contribution >= 0.6 is 22.9 Å². The maximum absolute atomic E-state index is 8.09. The Morgan fingerprint density at radius 2 is 1.32 bits per heavy atom. The lowest BCUT2D eigenvalue weighted by molar-refractivity contribution is 0.310. The number of aromatic nitrogens is 1. The van der Waals surface area contributed by atoms with Gasteiger partial charge in [0.1, 0.15) is 0 Å². The summed E-state index contributed by atoms with van der Waals surface area (Å²) in [5, 5.41) is 7.25. The Labute approximate surface area is 442 Å². The van der Waals surface area contributed by atoms with Crippen LogP contribution in [-0.4, -0.2) is 4.57 Å². The van der Waals surface area contributed by atoms with Crippen molar-refractivity contribution >= 4 is 87.9 Å². The molecule has 0 fully saturated rings. The van der Waals surface area contributed by atoms with E-state index in [1.54, 1.807) is 0 Å².